The Morgan fingerprint density at radius 2 is 2.15 bits per heavy atom. The van der Waals surface area contributed by atoms with Crippen molar-refractivity contribution in [3.05, 3.63) is 0 Å². The first-order valence-electron chi connectivity index (χ1n) is 4.49. The summed E-state index contributed by atoms with van der Waals surface area (Å²) in [5.74, 6) is 0.0739. The highest BCUT2D eigenvalue weighted by molar-refractivity contribution is 5.81. The SMILES string of the molecule is COCCNCC(=O)COC(C)C. The molecule has 78 valence electrons. The molecule has 0 saturated carbocycles. The number of ether oxygens (including phenoxy) is 2. The van der Waals surface area contributed by atoms with Gasteiger partial charge in [0, 0.05) is 13.7 Å². The number of rotatable bonds is 8. The van der Waals surface area contributed by atoms with Gasteiger partial charge in [0.1, 0.15) is 6.61 Å². The maximum atomic E-state index is 11.1. The van der Waals surface area contributed by atoms with Crippen LogP contribution in [0.4, 0.5) is 0 Å². The molecule has 1 N–H and O–H groups in total. The summed E-state index contributed by atoms with van der Waals surface area (Å²) < 4.78 is 9.96. The van der Waals surface area contributed by atoms with Crippen molar-refractivity contribution in [3.63, 3.8) is 0 Å². The average Bonchev–Trinajstić information content (AvgIpc) is 2.09. The highest BCUT2D eigenvalue weighted by atomic mass is 16.5. The third-order valence-corrected chi connectivity index (χ3v) is 1.38. The molecule has 0 aromatic heterocycles. The van der Waals surface area contributed by atoms with E-state index in [2.05, 4.69) is 5.32 Å². The molecule has 0 spiro atoms. The largest absolute Gasteiger partial charge is 0.383 e. The number of hydrogen-bond acceptors (Lipinski definition) is 4. The van der Waals surface area contributed by atoms with E-state index in [0.717, 1.165) is 0 Å². The molecule has 13 heavy (non-hydrogen) atoms. The highest BCUT2D eigenvalue weighted by Crippen LogP contribution is 1.86. The van der Waals surface area contributed by atoms with E-state index in [9.17, 15) is 4.79 Å². The van der Waals surface area contributed by atoms with Crippen LogP contribution in [0.1, 0.15) is 13.8 Å². The summed E-state index contributed by atoms with van der Waals surface area (Å²) in [6.07, 6.45) is 0.114. The van der Waals surface area contributed by atoms with Crippen LogP contribution in [-0.2, 0) is 14.3 Å². The third kappa shape index (κ3) is 9.46. The lowest BCUT2D eigenvalue weighted by Crippen LogP contribution is -2.29. The van der Waals surface area contributed by atoms with E-state index in [0.29, 0.717) is 19.7 Å². The predicted molar refractivity (Wildman–Crippen MR) is 50.8 cm³/mol. The van der Waals surface area contributed by atoms with Gasteiger partial charge in [0.25, 0.3) is 0 Å². The fourth-order valence-corrected chi connectivity index (χ4v) is 0.713. The number of ketones is 1. The van der Waals surface area contributed by atoms with E-state index in [4.69, 9.17) is 9.47 Å². The van der Waals surface area contributed by atoms with Gasteiger partial charge in [-0.2, -0.15) is 0 Å². The van der Waals surface area contributed by atoms with Crippen molar-refractivity contribution >= 4 is 5.78 Å². The van der Waals surface area contributed by atoms with Crippen LogP contribution in [0.25, 0.3) is 0 Å². The van der Waals surface area contributed by atoms with Crippen LogP contribution in [0.15, 0.2) is 0 Å². The molecule has 0 fully saturated rings. The number of nitrogens with one attached hydrogen (secondary N) is 1. The number of Topliss-reactive ketones (excluding diaryl/α,β-unsaturated/α-hetero) is 1. The molecule has 0 bridgehead atoms. The molecule has 0 radical (unpaired) electrons. The summed E-state index contributed by atoms with van der Waals surface area (Å²) in [6.45, 7) is 5.69. The normalized spacial score (nSPS) is 10.8. The molecule has 4 nitrogen and oxygen atoms in total. The van der Waals surface area contributed by atoms with Gasteiger partial charge in [0.15, 0.2) is 5.78 Å². The fourth-order valence-electron chi connectivity index (χ4n) is 0.713. The van der Waals surface area contributed by atoms with Crippen LogP contribution in [-0.4, -0.2) is 45.3 Å². The van der Waals surface area contributed by atoms with Gasteiger partial charge in [-0.25, -0.2) is 0 Å². The molecule has 0 unspecified atom stereocenters. The molecule has 0 saturated heterocycles. The van der Waals surface area contributed by atoms with E-state index < -0.39 is 0 Å². The lowest BCUT2D eigenvalue weighted by Gasteiger charge is -2.07. The van der Waals surface area contributed by atoms with Gasteiger partial charge in [-0.3, -0.25) is 4.79 Å². The van der Waals surface area contributed by atoms with Gasteiger partial charge >= 0.3 is 0 Å². The summed E-state index contributed by atoms with van der Waals surface area (Å²) >= 11 is 0. The van der Waals surface area contributed by atoms with Gasteiger partial charge in [-0.05, 0) is 13.8 Å². The molecule has 0 aliphatic rings. The van der Waals surface area contributed by atoms with E-state index in [1.165, 1.54) is 0 Å². The van der Waals surface area contributed by atoms with Gasteiger partial charge in [-0.1, -0.05) is 0 Å². The topological polar surface area (TPSA) is 47.6 Å². The Kier molecular flexibility index (Phi) is 7.88. The maximum Gasteiger partial charge on any atom is 0.172 e. The quantitative estimate of drug-likeness (QED) is 0.555. The van der Waals surface area contributed by atoms with Crippen molar-refractivity contribution in [1.82, 2.24) is 5.32 Å². The Labute approximate surface area is 79.6 Å². The predicted octanol–water partition coefficient (Wildman–Crippen LogP) is 0.216. The van der Waals surface area contributed by atoms with Gasteiger partial charge in [-0.15, -0.1) is 0 Å². The van der Waals surface area contributed by atoms with E-state index in [1.54, 1.807) is 7.11 Å². The van der Waals surface area contributed by atoms with Crippen LogP contribution in [0, 0.1) is 0 Å². The van der Waals surface area contributed by atoms with Gasteiger partial charge in [0.2, 0.25) is 0 Å². The minimum Gasteiger partial charge on any atom is -0.383 e. The van der Waals surface area contributed by atoms with Crippen molar-refractivity contribution in [2.75, 3.05) is 33.4 Å². The number of carbonyl (C=O) groups is 1. The van der Waals surface area contributed by atoms with Crippen molar-refractivity contribution in [2.45, 2.75) is 20.0 Å². The third-order valence-electron chi connectivity index (χ3n) is 1.38. The summed E-state index contributed by atoms with van der Waals surface area (Å²) in [5, 5.41) is 2.96. The van der Waals surface area contributed by atoms with Crippen LogP contribution in [0.2, 0.25) is 0 Å². The van der Waals surface area contributed by atoms with E-state index in [-0.39, 0.29) is 18.5 Å². The first-order valence-corrected chi connectivity index (χ1v) is 4.49. The molecule has 0 aromatic carbocycles. The minimum atomic E-state index is 0.0739. The lowest BCUT2D eigenvalue weighted by molar-refractivity contribution is -0.124. The Morgan fingerprint density at radius 1 is 1.46 bits per heavy atom. The standard InChI is InChI=1S/C9H19NO3/c1-8(2)13-7-9(11)6-10-4-5-12-3/h8,10H,4-7H2,1-3H3. The van der Waals surface area contributed by atoms with Crippen molar-refractivity contribution in [2.24, 2.45) is 0 Å². The fraction of sp³-hybridized carbons (Fsp3) is 0.889. The Hall–Kier alpha value is -0.450. The summed E-state index contributed by atoms with van der Waals surface area (Å²) in [4.78, 5) is 11.1. The van der Waals surface area contributed by atoms with Gasteiger partial charge in [0.05, 0.1) is 19.3 Å². The summed E-state index contributed by atoms with van der Waals surface area (Å²) in [6, 6.07) is 0. The highest BCUT2D eigenvalue weighted by Gasteiger charge is 2.02. The maximum absolute atomic E-state index is 11.1. The first-order chi connectivity index (χ1) is 6.16. The Morgan fingerprint density at radius 3 is 2.69 bits per heavy atom. The average molecular weight is 189 g/mol. The summed E-state index contributed by atoms with van der Waals surface area (Å²) in [5.41, 5.74) is 0. The number of carbonyl (C=O) groups excluding carboxylic acids is 1. The summed E-state index contributed by atoms with van der Waals surface area (Å²) in [7, 11) is 1.63. The van der Waals surface area contributed by atoms with Crippen molar-refractivity contribution < 1.29 is 14.3 Å². The Bertz CT molecular complexity index is 137. The zero-order chi connectivity index (χ0) is 10.1. The molecule has 0 heterocycles. The first kappa shape index (κ1) is 12.6. The van der Waals surface area contributed by atoms with Gasteiger partial charge < -0.3 is 14.8 Å². The van der Waals surface area contributed by atoms with E-state index >= 15 is 0 Å². The van der Waals surface area contributed by atoms with E-state index in [1.807, 2.05) is 13.8 Å². The van der Waals surface area contributed by atoms with Crippen molar-refractivity contribution in [3.8, 4) is 0 Å². The number of methoxy groups -OCH3 is 1. The molecule has 0 amide bonds. The molecule has 0 aromatic rings. The molecule has 4 heteroatoms. The second-order valence-electron chi connectivity index (χ2n) is 3.07. The van der Waals surface area contributed by atoms with Crippen LogP contribution in [0.3, 0.4) is 0 Å². The lowest BCUT2D eigenvalue weighted by atomic mass is 10.4. The smallest absolute Gasteiger partial charge is 0.172 e. The van der Waals surface area contributed by atoms with Crippen LogP contribution < -0.4 is 5.32 Å². The second kappa shape index (κ2) is 8.16. The second-order valence-corrected chi connectivity index (χ2v) is 3.07. The molecule has 0 aliphatic heterocycles. The molecule has 0 rings (SSSR count). The zero-order valence-electron chi connectivity index (χ0n) is 8.63. The minimum absolute atomic E-state index is 0.0739. The monoisotopic (exact) mass is 189 g/mol. The molecular formula is C9H19NO3. The van der Waals surface area contributed by atoms with Crippen LogP contribution >= 0.6 is 0 Å². The number of hydrogen-bond donors (Lipinski definition) is 1. The zero-order valence-corrected chi connectivity index (χ0v) is 8.63. The molecule has 0 atom stereocenters. The van der Waals surface area contributed by atoms with Crippen LogP contribution in [0.5, 0.6) is 0 Å². The molecule has 0 aliphatic carbocycles. The Balaban J connectivity index is 3.20. The molecular weight excluding hydrogens is 170 g/mol. The van der Waals surface area contributed by atoms with Crippen molar-refractivity contribution in [1.29, 1.82) is 0 Å².